The molecule has 1 aliphatic rings. The van der Waals surface area contributed by atoms with Gasteiger partial charge in [-0.25, -0.2) is 0 Å². The Morgan fingerprint density at radius 3 is 2.90 bits per heavy atom. The van der Waals surface area contributed by atoms with Crippen molar-refractivity contribution in [3.8, 4) is 5.75 Å². The summed E-state index contributed by atoms with van der Waals surface area (Å²) in [6.07, 6.45) is 0. The van der Waals surface area contributed by atoms with Crippen LogP contribution in [0.25, 0.3) is 0 Å². The summed E-state index contributed by atoms with van der Waals surface area (Å²) in [5.74, 6) is 0.129. The van der Waals surface area contributed by atoms with E-state index in [9.17, 15) is 9.59 Å². The number of amides is 1. The summed E-state index contributed by atoms with van der Waals surface area (Å²) in [6, 6.07) is 6.65. The predicted molar refractivity (Wildman–Crippen MR) is 81.0 cm³/mol. The van der Waals surface area contributed by atoms with Crippen LogP contribution >= 0.6 is 38.9 Å². The van der Waals surface area contributed by atoms with Crippen molar-refractivity contribution >= 4 is 56.2 Å². The topological polar surface area (TPSA) is 55.4 Å². The highest BCUT2D eigenvalue weighted by Crippen LogP contribution is 2.35. The molecule has 0 atom stereocenters. The minimum Gasteiger partial charge on any atom is -0.482 e. The van der Waals surface area contributed by atoms with E-state index >= 15 is 0 Å². The fourth-order valence-corrected chi connectivity index (χ4v) is 3.36. The predicted octanol–water partition coefficient (Wildman–Crippen LogP) is 3.73. The minimum absolute atomic E-state index is 0.0485. The number of rotatable bonds is 2. The standard InChI is InChI=1S/C13H7BrClNO3S/c14-7-4-8-9(19-5-12(17)16-8)3-6(7)13(18)10-1-2-11(15)20-10/h1-4H,5H2,(H,16,17). The van der Waals surface area contributed by atoms with Crippen LogP contribution in [0.5, 0.6) is 5.75 Å². The van der Waals surface area contributed by atoms with Gasteiger partial charge in [0.15, 0.2) is 6.61 Å². The van der Waals surface area contributed by atoms with Gasteiger partial charge in [0.25, 0.3) is 5.91 Å². The Bertz CT molecular complexity index is 728. The summed E-state index contributed by atoms with van der Waals surface area (Å²) in [5, 5.41) is 2.69. The Labute approximate surface area is 131 Å². The highest BCUT2D eigenvalue weighted by atomic mass is 79.9. The van der Waals surface area contributed by atoms with Crippen molar-refractivity contribution in [3.63, 3.8) is 0 Å². The molecule has 20 heavy (non-hydrogen) atoms. The number of halogens is 2. The first-order chi connectivity index (χ1) is 9.54. The van der Waals surface area contributed by atoms with Crippen molar-refractivity contribution in [2.24, 2.45) is 0 Å². The normalized spacial score (nSPS) is 13.4. The molecule has 1 amide bonds. The molecule has 2 aromatic rings. The minimum atomic E-state index is -0.214. The van der Waals surface area contributed by atoms with E-state index < -0.39 is 0 Å². The third-order valence-electron chi connectivity index (χ3n) is 2.74. The average molecular weight is 373 g/mol. The zero-order chi connectivity index (χ0) is 14.3. The van der Waals surface area contributed by atoms with Crippen LogP contribution in [0.2, 0.25) is 4.34 Å². The number of hydrogen-bond donors (Lipinski definition) is 1. The lowest BCUT2D eigenvalue weighted by atomic mass is 10.1. The van der Waals surface area contributed by atoms with E-state index in [1.807, 2.05) is 0 Å². The summed E-state index contributed by atoms with van der Waals surface area (Å²) in [7, 11) is 0. The maximum atomic E-state index is 12.4. The molecule has 102 valence electrons. The lowest BCUT2D eigenvalue weighted by Gasteiger charge is -2.19. The Hall–Kier alpha value is -1.37. The van der Waals surface area contributed by atoms with E-state index in [0.717, 1.165) is 0 Å². The van der Waals surface area contributed by atoms with Gasteiger partial charge in [0.2, 0.25) is 5.78 Å². The van der Waals surface area contributed by atoms with Gasteiger partial charge in [-0.3, -0.25) is 9.59 Å². The molecule has 0 fully saturated rings. The van der Waals surface area contributed by atoms with Gasteiger partial charge in [0, 0.05) is 10.0 Å². The highest BCUT2D eigenvalue weighted by molar-refractivity contribution is 9.10. The monoisotopic (exact) mass is 371 g/mol. The second kappa shape index (κ2) is 5.20. The van der Waals surface area contributed by atoms with Gasteiger partial charge >= 0.3 is 0 Å². The van der Waals surface area contributed by atoms with Crippen LogP contribution in [-0.4, -0.2) is 18.3 Å². The van der Waals surface area contributed by atoms with Crippen LogP contribution in [0.4, 0.5) is 5.69 Å². The summed E-state index contributed by atoms with van der Waals surface area (Å²) in [5.41, 5.74) is 1.02. The van der Waals surface area contributed by atoms with Gasteiger partial charge in [-0.15, -0.1) is 11.3 Å². The molecule has 1 aromatic heterocycles. The van der Waals surface area contributed by atoms with Crippen molar-refractivity contribution in [2.75, 3.05) is 11.9 Å². The first-order valence-electron chi connectivity index (χ1n) is 5.61. The van der Waals surface area contributed by atoms with Crippen LogP contribution in [0, 0.1) is 0 Å². The molecule has 0 radical (unpaired) electrons. The number of carbonyl (C=O) groups is 2. The molecule has 0 saturated heterocycles. The fourth-order valence-electron chi connectivity index (χ4n) is 1.84. The molecule has 3 rings (SSSR count). The highest BCUT2D eigenvalue weighted by Gasteiger charge is 2.22. The molecule has 7 heteroatoms. The number of anilines is 1. The van der Waals surface area contributed by atoms with E-state index in [1.165, 1.54) is 11.3 Å². The van der Waals surface area contributed by atoms with Crippen LogP contribution in [-0.2, 0) is 4.79 Å². The number of hydrogen-bond acceptors (Lipinski definition) is 4. The van der Waals surface area contributed by atoms with Gasteiger partial charge in [-0.05, 0) is 40.2 Å². The molecule has 1 aromatic carbocycles. The number of thiophene rings is 1. The summed E-state index contributed by atoms with van der Waals surface area (Å²) in [6.45, 7) is -0.0485. The van der Waals surface area contributed by atoms with Gasteiger partial charge in [-0.2, -0.15) is 0 Å². The second-order valence-corrected chi connectivity index (χ2v) is 6.67. The number of benzene rings is 1. The van der Waals surface area contributed by atoms with Crippen LogP contribution in [0.1, 0.15) is 15.2 Å². The Balaban J connectivity index is 2.02. The van der Waals surface area contributed by atoms with Crippen LogP contribution < -0.4 is 10.1 Å². The number of ketones is 1. The molecule has 2 heterocycles. The van der Waals surface area contributed by atoms with Crippen LogP contribution in [0.3, 0.4) is 0 Å². The zero-order valence-corrected chi connectivity index (χ0v) is 13.1. The number of nitrogens with one attached hydrogen (secondary N) is 1. The van der Waals surface area contributed by atoms with Crippen molar-refractivity contribution in [1.29, 1.82) is 0 Å². The lowest BCUT2D eigenvalue weighted by Crippen LogP contribution is -2.25. The first kappa shape index (κ1) is 13.6. The van der Waals surface area contributed by atoms with Gasteiger partial charge in [0.05, 0.1) is 14.9 Å². The van der Waals surface area contributed by atoms with Crippen molar-refractivity contribution in [1.82, 2.24) is 0 Å². The average Bonchev–Trinajstić information content (AvgIpc) is 2.84. The maximum Gasteiger partial charge on any atom is 0.262 e. The van der Waals surface area contributed by atoms with Crippen molar-refractivity contribution in [3.05, 3.63) is 43.5 Å². The Kier molecular flexibility index (Phi) is 3.54. The molecule has 0 aliphatic carbocycles. The number of fused-ring (bicyclic) bond motifs is 1. The van der Waals surface area contributed by atoms with E-state index in [2.05, 4.69) is 21.2 Å². The van der Waals surface area contributed by atoms with Crippen molar-refractivity contribution in [2.45, 2.75) is 0 Å². The molecule has 0 bridgehead atoms. The lowest BCUT2D eigenvalue weighted by molar-refractivity contribution is -0.118. The number of carbonyl (C=O) groups excluding carboxylic acids is 2. The molecule has 0 spiro atoms. The molecule has 0 unspecified atom stereocenters. The van der Waals surface area contributed by atoms with Crippen LogP contribution in [0.15, 0.2) is 28.7 Å². The second-order valence-electron chi connectivity index (χ2n) is 4.10. The van der Waals surface area contributed by atoms with Gasteiger partial charge in [-0.1, -0.05) is 11.6 Å². The Morgan fingerprint density at radius 2 is 2.20 bits per heavy atom. The third kappa shape index (κ3) is 2.46. The van der Waals surface area contributed by atoms with E-state index in [-0.39, 0.29) is 18.3 Å². The summed E-state index contributed by atoms with van der Waals surface area (Å²) < 4.78 is 6.47. The molecular formula is C13H7BrClNO3S. The SMILES string of the molecule is O=C1COc2cc(C(=O)c3ccc(Cl)s3)c(Br)cc2N1. The first-order valence-corrected chi connectivity index (χ1v) is 7.59. The van der Waals surface area contributed by atoms with E-state index in [1.54, 1.807) is 24.3 Å². The molecule has 0 saturated carbocycles. The van der Waals surface area contributed by atoms with E-state index in [0.29, 0.717) is 30.7 Å². The van der Waals surface area contributed by atoms with Gasteiger partial charge < -0.3 is 10.1 Å². The third-order valence-corrected chi connectivity index (χ3v) is 4.63. The summed E-state index contributed by atoms with van der Waals surface area (Å²) in [4.78, 5) is 24.2. The quantitative estimate of drug-likeness (QED) is 0.817. The largest absolute Gasteiger partial charge is 0.482 e. The number of ether oxygens (including phenoxy) is 1. The molecule has 1 N–H and O–H groups in total. The maximum absolute atomic E-state index is 12.4. The Morgan fingerprint density at radius 1 is 1.40 bits per heavy atom. The van der Waals surface area contributed by atoms with Gasteiger partial charge in [0.1, 0.15) is 5.75 Å². The molecule has 4 nitrogen and oxygen atoms in total. The molecular weight excluding hydrogens is 366 g/mol. The fraction of sp³-hybridized carbons (Fsp3) is 0.0769. The van der Waals surface area contributed by atoms with Crippen molar-refractivity contribution < 1.29 is 14.3 Å². The van der Waals surface area contributed by atoms with E-state index in [4.69, 9.17) is 16.3 Å². The smallest absolute Gasteiger partial charge is 0.262 e. The summed E-state index contributed by atoms with van der Waals surface area (Å²) >= 11 is 10.4. The molecule has 1 aliphatic heterocycles. The zero-order valence-electron chi connectivity index (χ0n) is 9.91.